The van der Waals surface area contributed by atoms with E-state index < -0.39 is 5.97 Å². The van der Waals surface area contributed by atoms with Crippen molar-refractivity contribution in [2.24, 2.45) is 0 Å². The maximum atomic E-state index is 12.0. The van der Waals surface area contributed by atoms with Gasteiger partial charge in [-0.05, 0) is 19.8 Å². The molecule has 3 unspecified atom stereocenters. The molecule has 0 aliphatic carbocycles. The van der Waals surface area contributed by atoms with E-state index in [1.54, 1.807) is 0 Å². The minimum absolute atomic E-state index is 0.00548. The highest BCUT2D eigenvalue weighted by Gasteiger charge is 2.47. The second-order valence-corrected chi connectivity index (χ2v) is 9.67. The predicted octanol–water partition coefficient (Wildman–Crippen LogP) is 1.10. The van der Waals surface area contributed by atoms with Crippen LogP contribution in [0.25, 0.3) is 0 Å². The van der Waals surface area contributed by atoms with E-state index in [0.29, 0.717) is 64.5 Å². The summed E-state index contributed by atoms with van der Waals surface area (Å²) in [5.41, 5.74) is 0. The number of urea groups is 1. The number of carboxylic acid groups (broad SMARTS) is 1. The Labute approximate surface area is 211 Å². The van der Waals surface area contributed by atoms with E-state index in [4.69, 9.17) is 24.1 Å². The number of carboxylic acids is 1. The second kappa shape index (κ2) is 17.8. The van der Waals surface area contributed by atoms with Gasteiger partial charge in [-0.15, -0.1) is 0 Å². The van der Waals surface area contributed by atoms with Crippen LogP contribution in [0.3, 0.4) is 0 Å². The van der Waals surface area contributed by atoms with Crippen LogP contribution in [-0.2, 0) is 28.5 Å². The summed E-state index contributed by atoms with van der Waals surface area (Å²) in [4.78, 5) is 36.3. The summed E-state index contributed by atoms with van der Waals surface area (Å²) in [5, 5.41) is 14.9. The number of hydrogen-bond acceptors (Lipinski definition) is 8. The Morgan fingerprint density at radius 3 is 2.26 bits per heavy atom. The van der Waals surface area contributed by atoms with Crippen molar-refractivity contribution in [1.82, 2.24) is 15.5 Å². The average Bonchev–Trinajstić information content (AvgIpc) is 3.36. The van der Waals surface area contributed by atoms with Gasteiger partial charge in [-0.3, -0.25) is 9.59 Å². The van der Waals surface area contributed by atoms with Gasteiger partial charge in [0, 0.05) is 30.5 Å². The molecule has 2 fully saturated rings. The van der Waals surface area contributed by atoms with E-state index in [-0.39, 0.29) is 37.0 Å². The Morgan fingerprint density at radius 1 is 1.00 bits per heavy atom. The third kappa shape index (κ3) is 11.8. The van der Waals surface area contributed by atoms with Crippen molar-refractivity contribution in [1.29, 1.82) is 0 Å². The summed E-state index contributed by atoms with van der Waals surface area (Å²) in [5.74, 6) is 0.140. The predicted molar refractivity (Wildman–Crippen MR) is 132 cm³/mol. The van der Waals surface area contributed by atoms with Crippen LogP contribution in [0, 0.1) is 0 Å². The smallest absolute Gasteiger partial charge is 0.318 e. The Balaban J connectivity index is 1.33. The van der Waals surface area contributed by atoms with E-state index in [0.717, 1.165) is 31.6 Å². The lowest BCUT2D eigenvalue weighted by Crippen LogP contribution is -2.40. The van der Waals surface area contributed by atoms with Gasteiger partial charge >= 0.3 is 12.0 Å². The second-order valence-electron chi connectivity index (χ2n) is 8.39. The fourth-order valence-electron chi connectivity index (χ4n) is 4.12. The van der Waals surface area contributed by atoms with Crippen molar-refractivity contribution in [2.45, 2.75) is 56.4 Å². The highest BCUT2D eigenvalue weighted by atomic mass is 32.2. The fourth-order valence-corrected chi connectivity index (χ4v) is 5.72. The number of thioether (sulfide) groups is 1. The maximum absolute atomic E-state index is 12.0. The molecule has 202 valence electrons. The molecule has 3 atom stereocenters. The highest BCUT2D eigenvalue weighted by molar-refractivity contribution is 8.00. The molecule has 2 heterocycles. The number of likely N-dealkylation sites (N-methyl/N-ethyl adjacent to an activating group) is 1. The van der Waals surface area contributed by atoms with Crippen LogP contribution >= 0.6 is 11.8 Å². The van der Waals surface area contributed by atoms with E-state index >= 15 is 0 Å². The topological polar surface area (TPSA) is 136 Å². The number of amides is 3. The number of rotatable bonds is 21. The zero-order valence-corrected chi connectivity index (χ0v) is 21.5. The third-order valence-corrected chi connectivity index (χ3v) is 7.33. The number of carbonyl (C=O) groups excluding carboxylic acids is 2. The molecule has 0 aromatic rings. The zero-order valence-electron chi connectivity index (χ0n) is 20.7. The van der Waals surface area contributed by atoms with Gasteiger partial charge in [0.25, 0.3) is 0 Å². The normalized spacial score (nSPS) is 21.2. The number of aliphatic carboxylic acids is 1. The highest BCUT2D eigenvalue weighted by Crippen LogP contribution is 2.37. The van der Waals surface area contributed by atoms with Gasteiger partial charge in [0.1, 0.15) is 0 Å². The quantitative estimate of drug-likeness (QED) is 0.150. The summed E-state index contributed by atoms with van der Waals surface area (Å²) in [6.07, 6.45) is 3.36. The van der Waals surface area contributed by atoms with Crippen LogP contribution in [0.1, 0.15) is 39.0 Å². The van der Waals surface area contributed by atoms with Gasteiger partial charge in [0.15, 0.2) is 0 Å². The van der Waals surface area contributed by atoms with Gasteiger partial charge in [-0.1, -0.05) is 6.42 Å². The van der Waals surface area contributed by atoms with Crippen molar-refractivity contribution in [3.8, 4) is 0 Å². The first-order valence-electron chi connectivity index (χ1n) is 12.5. The summed E-state index contributed by atoms with van der Waals surface area (Å²) in [7, 11) is 0. The molecule has 0 bridgehead atoms. The van der Waals surface area contributed by atoms with Gasteiger partial charge in [0.05, 0.1) is 71.4 Å². The molecule has 35 heavy (non-hydrogen) atoms. The molecule has 0 saturated carbocycles. The molecule has 12 heteroatoms. The van der Waals surface area contributed by atoms with E-state index in [9.17, 15) is 14.4 Å². The van der Waals surface area contributed by atoms with E-state index in [2.05, 4.69) is 10.6 Å². The first-order valence-corrected chi connectivity index (χ1v) is 13.6. The standard InChI is InChI=1S/C23H41N3O8S/c1-2-26-22-18(25-23(26)30)17-35-19(22)5-3-4-6-20(27)24-8-10-32-12-14-34-16-15-33-13-11-31-9-7-21(28)29/h18-19,22H,2-17H2,1H3,(H,24,27)(H,25,30)(H,28,29). The van der Waals surface area contributed by atoms with E-state index in [1.807, 2.05) is 23.6 Å². The van der Waals surface area contributed by atoms with E-state index in [1.165, 1.54) is 0 Å². The summed E-state index contributed by atoms with van der Waals surface area (Å²) < 4.78 is 21.3. The van der Waals surface area contributed by atoms with Gasteiger partial charge in [0.2, 0.25) is 5.91 Å². The number of hydrogen-bond donors (Lipinski definition) is 3. The Kier molecular flexibility index (Phi) is 15.0. The van der Waals surface area contributed by atoms with Crippen molar-refractivity contribution in [3.05, 3.63) is 0 Å². The molecule has 11 nitrogen and oxygen atoms in total. The molecule has 3 amide bonds. The van der Waals surface area contributed by atoms with Crippen molar-refractivity contribution < 1.29 is 38.4 Å². The number of nitrogens with one attached hydrogen (secondary N) is 2. The van der Waals surface area contributed by atoms with Crippen molar-refractivity contribution >= 4 is 29.7 Å². The van der Waals surface area contributed by atoms with Gasteiger partial charge < -0.3 is 39.6 Å². The lowest BCUT2D eigenvalue weighted by molar-refractivity contribution is -0.138. The SMILES string of the molecule is CCN1C(=O)NC2CSC(CCCCC(=O)NCCOCCOCCOCCOCCC(=O)O)C21. The molecule has 2 saturated heterocycles. The third-order valence-electron chi connectivity index (χ3n) is 5.84. The lowest BCUT2D eigenvalue weighted by Gasteiger charge is -2.26. The molecule has 2 rings (SSSR count). The largest absolute Gasteiger partial charge is 0.481 e. The van der Waals surface area contributed by atoms with Crippen LogP contribution in [0.5, 0.6) is 0 Å². The molecular formula is C23H41N3O8S. The molecule has 0 radical (unpaired) electrons. The van der Waals surface area contributed by atoms with Crippen LogP contribution in [0.2, 0.25) is 0 Å². The first kappa shape index (κ1) is 29.6. The zero-order chi connectivity index (χ0) is 25.3. The Bertz CT molecular complexity index is 642. The maximum Gasteiger partial charge on any atom is 0.318 e. The fraction of sp³-hybridized carbons (Fsp3) is 0.870. The summed E-state index contributed by atoms with van der Waals surface area (Å²) >= 11 is 1.94. The summed E-state index contributed by atoms with van der Waals surface area (Å²) in [6.45, 7) is 6.40. The van der Waals surface area contributed by atoms with Crippen LogP contribution in [0.15, 0.2) is 0 Å². The molecule has 2 aliphatic rings. The average molecular weight is 520 g/mol. The summed E-state index contributed by atoms with van der Waals surface area (Å²) in [6, 6.07) is 0.614. The number of carbonyl (C=O) groups is 3. The molecule has 2 aliphatic heterocycles. The number of ether oxygens (including phenoxy) is 4. The number of fused-ring (bicyclic) bond motifs is 1. The molecule has 3 N–H and O–H groups in total. The Morgan fingerprint density at radius 2 is 1.63 bits per heavy atom. The molecule has 0 aromatic carbocycles. The molecule has 0 aromatic heterocycles. The van der Waals surface area contributed by atoms with Gasteiger partial charge in [-0.2, -0.15) is 11.8 Å². The van der Waals surface area contributed by atoms with Crippen molar-refractivity contribution in [2.75, 3.05) is 71.7 Å². The van der Waals surface area contributed by atoms with Crippen LogP contribution in [-0.4, -0.2) is 117 Å². The lowest BCUT2D eigenvalue weighted by atomic mass is 10.0. The van der Waals surface area contributed by atoms with Gasteiger partial charge in [-0.25, -0.2) is 4.79 Å². The molecule has 0 spiro atoms. The van der Waals surface area contributed by atoms with Crippen molar-refractivity contribution in [3.63, 3.8) is 0 Å². The Hall–Kier alpha value is -1.60. The molecular weight excluding hydrogens is 478 g/mol. The van der Waals surface area contributed by atoms with Crippen LogP contribution < -0.4 is 10.6 Å². The minimum atomic E-state index is -0.877. The monoisotopic (exact) mass is 519 g/mol. The minimum Gasteiger partial charge on any atom is -0.481 e. The first-order chi connectivity index (χ1) is 17.0. The number of unbranched alkanes of at least 4 members (excludes halogenated alkanes) is 1. The number of nitrogens with zero attached hydrogens (tertiary/aromatic N) is 1. The van der Waals surface area contributed by atoms with Crippen LogP contribution in [0.4, 0.5) is 4.79 Å².